The molecule has 3 amide bonds. The number of carbonyl (C=O) groups excluding carboxylic acids is 2. The molecule has 1 aliphatic rings. The first kappa shape index (κ1) is 17.5. The third-order valence-corrected chi connectivity index (χ3v) is 4.23. The first-order chi connectivity index (χ1) is 11.0. The maximum Gasteiger partial charge on any atom is 0.317 e. The zero-order valence-electron chi connectivity index (χ0n) is 13.1. The molecule has 126 valence electrons. The van der Waals surface area contributed by atoms with E-state index < -0.39 is 5.82 Å². The van der Waals surface area contributed by atoms with E-state index >= 15 is 0 Å². The second kappa shape index (κ2) is 8.15. The molecule has 0 atom stereocenters. The third kappa shape index (κ3) is 4.82. The van der Waals surface area contributed by atoms with Crippen LogP contribution in [0.4, 0.5) is 9.18 Å². The van der Waals surface area contributed by atoms with E-state index in [1.165, 1.54) is 17.0 Å². The summed E-state index contributed by atoms with van der Waals surface area (Å²) < 4.78 is 13.7. The van der Waals surface area contributed by atoms with Crippen molar-refractivity contribution in [2.75, 3.05) is 26.7 Å². The highest BCUT2D eigenvalue weighted by Gasteiger charge is 2.18. The lowest BCUT2D eigenvalue weighted by molar-refractivity contribution is -0.129. The van der Waals surface area contributed by atoms with Gasteiger partial charge in [0.1, 0.15) is 5.82 Å². The summed E-state index contributed by atoms with van der Waals surface area (Å²) in [4.78, 5) is 27.0. The van der Waals surface area contributed by atoms with Crippen molar-refractivity contribution in [3.05, 3.63) is 34.6 Å². The van der Waals surface area contributed by atoms with Crippen LogP contribution >= 0.6 is 11.6 Å². The fourth-order valence-electron chi connectivity index (χ4n) is 2.53. The molecule has 1 aliphatic heterocycles. The van der Waals surface area contributed by atoms with E-state index in [1.54, 1.807) is 13.1 Å². The minimum absolute atomic E-state index is 0.0580. The van der Waals surface area contributed by atoms with Gasteiger partial charge in [-0.2, -0.15) is 0 Å². The van der Waals surface area contributed by atoms with Gasteiger partial charge >= 0.3 is 6.03 Å². The Morgan fingerprint density at radius 2 is 2.04 bits per heavy atom. The molecule has 0 spiro atoms. The molecule has 0 aromatic heterocycles. The van der Waals surface area contributed by atoms with E-state index in [4.69, 9.17) is 11.6 Å². The lowest BCUT2D eigenvalue weighted by Gasteiger charge is -2.20. The third-order valence-electron chi connectivity index (χ3n) is 3.88. The molecule has 1 heterocycles. The van der Waals surface area contributed by atoms with Gasteiger partial charge < -0.3 is 15.1 Å². The number of benzene rings is 1. The fraction of sp³-hybridized carbons (Fsp3) is 0.500. The highest BCUT2D eigenvalue weighted by Crippen LogP contribution is 2.20. The van der Waals surface area contributed by atoms with Crippen molar-refractivity contribution < 1.29 is 14.0 Å². The van der Waals surface area contributed by atoms with Gasteiger partial charge in [-0.1, -0.05) is 17.7 Å². The van der Waals surface area contributed by atoms with Crippen LogP contribution in [0, 0.1) is 5.82 Å². The molecule has 5 nitrogen and oxygen atoms in total. The predicted octanol–water partition coefficient (Wildman–Crippen LogP) is 2.63. The Labute approximate surface area is 140 Å². The summed E-state index contributed by atoms with van der Waals surface area (Å²) in [6, 6.07) is 4.05. The number of nitrogens with one attached hydrogen (secondary N) is 1. The number of likely N-dealkylation sites (tertiary alicyclic amines) is 1. The van der Waals surface area contributed by atoms with Crippen molar-refractivity contribution in [2.24, 2.45) is 0 Å². The Hall–Kier alpha value is -1.82. The number of nitrogens with zero attached hydrogens (tertiary/aromatic N) is 2. The molecule has 7 heteroatoms. The first-order valence-corrected chi connectivity index (χ1v) is 8.06. The molecular formula is C16H21ClFN3O2. The monoisotopic (exact) mass is 341 g/mol. The Morgan fingerprint density at radius 3 is 2.70 bits per heavy atom. The topological polar surface area (TPSA) is 52.7 Å². The van der Waals surface area contributed by atoms with Gasteiger partial charge in [-0.15, -0.1) is 0 Å². The molecule has 1 fully saturated rings. The molecule has 0 radical (unpaired) electrons. The van der Waals surface area contributed by atoms with Crippen molar-refractivity contribution in [3.63, 3.8) is 0 Å². The van der Waals surface area contributed by atoms with Crippen molar-refractivity contribution in [2.45, 2.75) is 25.8 Å². The van der Waals surface area contributed by atoms with Gasteiger partial charge in [0.05, 0.1) is 6.54 Å². The zero-order chi connectivity index (χ0) is 16.8. The highest BCUT2D eigenvalue weighted by molar-refractivity contribution is 6.31. The van der Waals surface area contributed by atoms with Crippen LogP contribution in [-0.4, -0.2) is 48.4 Å². The maximum absolute atomic E-state index is 13.7. The number of rotatable bonds is 5. The van der Waals surface area contributed by atoms with Gasteiger partial charge in [0.15, 0.2) is 0 Å². The highest BCUT2D eigenvalue weighted by atomic mass is 35.5. The molecule has 1 aromatic rings. The summed E-state index contributed by atoms with van der Waals surface area (Å²) in [5, 5.41) is 2.96. The normalized spacial score (nSPS) is 14.0. The summed E-state index contributed by atoms with van der Waals surface area (Å²) in [5.74, 6) is -0.385. The lowest BCUT2D eigenvalue weighted by Crippen LogP contribution is -2.39. The minimum Gasteiger partial charge on any atom is -0.343 e. The van der Waals surface area contributed by atoms with Gasteiger partial charge in [-0.05, 0) is 25.0 Å². The first-order valence-electron chi connectivity index (χ1n) is 7.68. The second-order valence-corrected chi connectivity index (χ2v) is 6.03. The Kier molecular flexibility index (Phi) is 6.21. The Morgan fingerprint density at radius 1 is 1.35 bits per heavy atom. The van der Waals surface area contributed by atoms with Crippen LogP contribution in [0.1, 0.15) is 24.8 Å². The number of hydrogen-bond acceptors (Lipinski definition) is 2. The SMILES string of the molecule is CN(Cc1c(F)cccc1Cl)C(=O)NCCC(=O)N1CCCC1. The standard InChI is InChI=1S/C16H21ClFN3O2/c1-20(11-12-13(17)5-4-6-14(12)18)16(23)19-8-7-15(22)21-9-2-3-10-21/h4-6H,2-3,7-11H2,1H3,(H,19,23). The molecule has 0 aliphatic carbocycles. The molecule has 23 heavy (non-hydrogen) atoms. The summed E-state index contributed by atoms with van der Waals surface area (Å²) in [5.41, 5.74) is 0.278. The molecule has 1 saturated heterocycles. The van der Waals surface area contributed by atoms with Crippen LogP contribution in [0.2, 0.25) is 5.02 Å². The van der Waals surface area contributed by atoms with Gasteiger partial charge in [0.25, 0.3) is 0 Å². The quantitative estimate of drug-likeness (QED) is 0.895. The summed E-state index contributed by atoms with van der Waals surface area (Å²) in [7, 11) is 1.56. The molecule has 2 rings (SSSR count). The molecule has 0 bridgehead atoms. The predicted molar refractivity (Wildman–Crippen MR) is 86.7 cm³/mol. The molecule has 0 saturated carbocycles. The van der Waals surface area contributed by atoms with E-state index in [9.17, 15) is 14.0 Å². The lowest BCUT2D eigenvalue weighted by atomic mass is 10.2. The van der Waals surface area contributed by atoms with E-state index in [1.807, 2.05) is 4.90 Å². The Bertz CT molecular complexity index is 556. The molecule has 1 N–H and O–H groups in total. The summed E-state index contributed by atoms with van der Waals surface area (Å²) in [6.07, 6.45) is 2.37. The number of halogens is 2. The average molecular weight is 342 g/mol. The van der Waals surface area contributed by atoms with Crippen LogP contribution < -0.4 is 5.32 Å². The molecular weight excluding hydrogens is 321 g/mol. The van der Waals surface area contributed by atoms with Crippen LogP contribution in [0.3, 0.4) is 0 Å². The van der Waals surface area contributed by atoms with Crippen LogP contribution in [-0.2, 0) is 11.3 Å². The number of hydrogen-bond donors (Lipinski definition) is 1. The maximum atomic E-state index is 13.7. The van der Waals surface area contributed by atoms with Gasteiger partial charge in [-0.25, -0.2) is 9.18 Å². The summed E-state index contributed by atoms with van der Waals surface area (Å²) in [6.45, 7) is 1.94. The van der Waals surface area contributed by atoms with Crippen molar-refractivity contribution in [1.82, 2.24) is 15.1 Å². The van der Waals surface area contributed by atoms with Crippen LogP contribution in [0.5, 0.6) is 0 Å². The van der Waals surface area contributed by atoms with Gasteiger partial charge in [0.2, 0.25) is 5.91 Å². The van der Waals surface area contributed by atoms with Gasteiger partial charge in [-0.3, -0.25) is 4.79 Å². The van der Waals surface area contributed by atoms with E-state index in [0.29, 0.717) is 0 Å². The van der Waals surface area contributed by atoms with Crippen LogP contribution in [0.15, 0.2) is 18.2 Å². The van der Waals surface area contributed by atoms with Gasteiger partial charge in [0, 0.05) is 43.7 Å². The second-order valence-electron chi connectivity index (χ2n) is 5.63. The minimum atomic E-state index is -0.443. The van der Waals surface area contributed by atoms with Crippen molar-refractivity contribution in [3.8, 4) is 0 Å². The van der Waals surface area contributed by atoms with Crippen molar-refractivity contribution >= 4 is 23.5 Å². The fourth-order valence-corrected chi connectivity index (χ4v) is 2.75. The van der Waals surface area contributed by atoms with Crippen LogP contribution in [0.25, 0.3) is 0 Å². The smallest absolute Gasteiger partial charge is 0.317 e. The number of carbonyl (C=O) groups is 2. The average Bonchev–Trinajstić information content (AvgIpc) is 3.05. The van der Waals surface area contributed by atoms with Crippen molar-refractivity contribution in [1.29, 1.82) is 0 Å². The van der Waals surface area contributed by atoms with E-state index in [2.05, 4.69) is 5.32 Å². The number of amides is 3. The van der Waals surface area contributed by atoms with E-state index in [0.717, 1.165) is 25.9 Å². The Balaban J connectivity index is 1.77. The number of urea groups is 1. The molecule has 0 unspecified atom stereocenters. The van der Waals surface area contributed by atoms with E-state index in [-0.39, 0.29) is 42.0 Å². The largest absolute Gasteiger partial charge is 0.343 e. The zero-order valence-corrected chi connectivity index (χ0v) is 13.9. The summed E-state index contributed by atoms with van der Waals surface area (Å²) >= 11 is 5.95. The molecule has 1 aromatic carbocycles.